The Kier molecular flexibility index (Phi) is 9.78. The summed E-state index contributed by atoms with van der Waals surface area (Å²) in [6.07, 6.45) is -16.5. The van der Waals surface area contributed by atoms with Crippen molar-refractivity contribution in [2.45, 2.75) is 74.4 Å². The van der Waals surface area contributed by atoms with Crippen LogP contribution in [0.4, 0.5) is 0 Å². The lowest BCUT2D eigenvalue weighted by Crippen LogP contribution is -2.60. The molecule has 10 N–H and O–H groups in total. The van der Waals surface area contributed by atoms with E-state index in [1.165, 1.54) is 24.3 Å². The Morgan fingerprint density at radius 2 is 1.41 bits per heavy atom. The SMILES string of the molecule is CC(=O)OCC1OC(OC2=Cc3c(cc(O)cc3OC3OC(CO)C(O)C(O)C3O)OC2c2ccc(O)c(O)c2)C(O)C(O)C1O. The lowest BCUT2D eigenvalue weighted by Gasteiger charge is -2.41. The molecule has 2 aromatic carbocycles. The monoisotopic (exact) mass is 654 g/mol. The van der Waals surface area contributed by atoms with E-state index in [2.05, 4.69) is 0 Å². The number of phenols is 3. The van der Waals surface area contributed by atoms with Crippen LogP contribution in [-0.4, -0.2) is 132 Å². The summed E-state index contributed by atoms with van der Waals surface area (Å²) >= 11 is 0. The zero-order valence-corrected chi connectivity index (χ0v) is 24.1. The summed E-state index contributed by atoms with van der Waals surface area (Å²) < 4.78 is 33.8. The van der Waals surface area contributed by atoms with E-state index in [9.17, 15) is 55.9 Å². The lowest BCUT2D eigenvalue weighted by atomic mass is 9.98. The van der Waals surface area contributed by atoms with Crippen molar-refractivity contribution in [3.63, 3.8) is 0 Å². The number of esters is 1. The Morgan fingerprint density at radius 3 is 2.04 bits per heavy atom. The maximum Gasteiger partial charge on any atom is 0.302 e. The quantitative estimate of drug-likeness (QED) is 0.107. The molecule has 0 amide bonds. The number of aromatic hydroxyl groups is 3. The first-order chi connectivity index (χ1) is 21.8. The average Bonchev–Trinajstić information content (AvgIpc) is 3.02. The smallest absolute Gasteiger partial charge is 0.302 e. The Bertz CT molecular complexity index is 1450. The van der Waals surface area contributed by atoms with Gasteiger partial charge in [-0.1, -0.05) is 6.07 Å². The summed E-state index contributed by atoms with van der Waals surface area (Å²) in [6.45, 7) is -0.104. The molecule has 2 aromatic rings. The van der Waals surface area contributed by atoms with Gasteiger partial charge in [-0.2, -0.15) is 0 Å². The first-order valence-electron chi connectivity index (χ1n) is 14.0. The van der Waals surface area contributed by atoms with Crippen LogP contribution in [0.1, 0.15) is 24.2 Å². The van der Waals surface area contributed by atoms with Crippen LogP contribution in [0.5, 0.6) is 28.7 Å². The first kappa shape index (κ1) is 33.5. The van der Waals surface area contributed by atoms with Crippen molar-refractivity contribution in [1.29, 1.82) is 0 Å². The van der Waals surface area contributed by atoms with E-state index < -0.39 is 98.2 Å². The molecule has 0 aromatic heterocycles. The highest BCUT2D eigenvalue weighted by Crippen LogP contribution is 2.46. The molecule has 46 heavy (non-hydrogen) atoms. The highest BCUT2D eigenvalue weighted by atomic mass is 16.7. The second kappa shape index (κ2) is 13.4. The summed E-state index contributed by atoms with van der Waals surface area (Å²) in [7, 11) is 0. The van der Waals surface area contributed by atoms with Gasteiger partial charge in [-0.25, -0.2) is 0 Å². The number of phenolic OH excluding ortho intramolecular Hbond substituents is 3. The standard InChI is InChI=1S/C29H34O17/c1-10(31)41-9-20-22(36)24(38)26(40)29(46-20)44-18-7-13-16(42-27(18)11-2-3-14(33)15(34)4-11)5-12(32)6-17(13)43-28-25(39)23(37)21(35)19(8-30)45-28/h2-7,19-30,32-40H,8-9H2,1H3. The second-order valence-corrected chi connectivity index (χ2v) is 10.9. The van der Waals surface area contributed by atoms with Gasteiger partial charge in [-0.05, 0) is 18.2 Å². The first-order valence-corrected chi connectivity index (χ1v) is 14.0. The number of aliphatic hydroxyl groups excluding tert-OH is 7. The Balaban J connectivity index is 1.53. The molecule has 5 rings (SSSR count). The van der Waals surface area contributed by atoms with Crippen LogP contribution in [0.25, 0.3) is 6.08 Å². The molecule has 11 atom stereocenters. The number of aliphatic hydroxyl groups is 7. The summed E-state index contributed by atoms with van der Waals surface area (Å²) in [6, 6.07) is 5.98. The van der Waals surface area contributed by atoms with Gasteiger partial charge in [0.25, 0.3) is 0 Å². The highest BCUT2D eigenvalue weighted by molar-refractivity contribution is 5.70. The van der Waals surface area contributed by atoms with Crippen LogP contribution < -0.4 is 9.47 Å². The molecule has 0 aliphatic carbocycles. The third-order valence-corrected chi connectivity index (χ3v) is 7.64. The fraction of sp³-hybridized carbons (Fsp3) is 0.483. The maximum atomic E-state index is 11.3. The van der Waals surface area contributed by atoms with Gasteiger partial charge in [-0.3, -0.25) is 4.79 Å². The van der Waals surface area contributed by atoms with E-state index in [4.69, 9.17) is 28.4 Å². The molecule has 3 aliphatic rings. The maximum absolute atomic E-state index is 11.3. The van der Waals surface area contributed by atoms with Crippen LogP contribution in [0.15, 0.2) is 36.1 Å². The normalized spacial score (nSPS) is 34.1. The third kappa shape index (κ3) is 6.63. The number of benzene rings is 2. The molecule has 252 valence electrons. The molecular weight excluding hydrogens is 620 g/mol. The van der Waals surface area contributed by atoms with Gasteiger partial charge < -0.3 is 79.5 Å². The van der Waals surface area contributed by atoms with Gasteiger partial charge in [0.05, 0.1) is 12.2 Å². The van der Waals surface area contributed by atoms with E-state index in [1.54, 1.807) is 0 Å². The predicted molar refractivity (Wildman–Crippen MR) is 148 cm³/mol. The van der Waals surface area contributed by atoms with Crippen molar-refractivity contribution >= 4 is 12.0 Å². The van der Waals surface area contributed by atoms with Gasteiger partial charge in [0.1, 0.15) is 78.4 Å². The molecule has 2 fully saturated rings. The van der Waals surface area contributed by atoms with Crippen molar-refractivity contribution < 1.29 is 84.3 Å². The molecule has 0 saturated carbocycles. The summed E-state index contributed by atoms with van der Waals surface area (Å²) in [5.41, 5.74) is 0.237. The Morgan fingerprint density at radius 1 is 0.783 bits per heavy atom. The zero-order valence-electron chi connectivity index (χ0n) is 24.1. The Hall–Kier alpha value is -3.91. The van der Waals surface area contributed by atoms with Crippen LogP contribution >= 0.6 is 0 Å². The summed E-state index contributed by atoms with van der Waals surface area (Å²) in [5, 5.41) is 102. The fourth-order valence-corrected chi connectivity index (χ4v) is 5.13. The third-order valence-electron chi connectivity index (χ3n) is 7.64. The van der Waals surface area contributed by atoms with E-state index in [0.29, 0.717) is 0 Å². The van der Waals surface area contributed by atoms with E-state index >= 15 is 0 Å². The molecule has 0 bridgehead atoms. The minimum atomic E-state index is -1.84. The van der Waals surface area contributed by atoms with Crippen LogP contribution in [0, 0.1) is 0 Å². The van der Waals surface area contributed by atoms with Gasteiger partial charge in [-0.15, -0.1) is 0 Å². The minimum Gasteiger partial charge on any atom is -0.508 e. The van der Waals surface area contributed by atoms with E-state index in [1.807, 2.05) is 0 Å². The van der Waals surface area contributed by atoms with Gasteiger partial charge >= 0.3 is 5.97 Å². The van der Waals surface area contributed by atoms with Crippen molar-refractivity contribution in [3.8, 4) is 28.7 Å². The van der Waals surface area contributed by atoms with Gasteiger partial charge in [0.15, 0.2) is 17.6 Å². The van der Waals surface area contributed by atoms with Crippen LogP contribution in [0.3, 0.4) is 0 Å². The Labute approximate surface area is 260 Å². The van der Waals surface area contributed by atoms with Crippen molar-refractivity contribution in [3.05, 3.63) is 47.2 Å². The molecule has 2 saturated heterocycles. The number of hydrogen-bond donors (Lipinski definition) is 10. The number of fused-ring (bicyclic) bond motifs is 1. The van der Waals surface area contributed by atoms with Gasteiger partial charge in [0.2, 0.25) is 12.6 Å². The van der Waals surface area contributed by atoms with Crippen molar-refractivity contribution in [2.24, 2.45) is 0 Å². The topological polar surface area (TPSA) is 275 Å². The number of carbonyl (C=O) groups is 1. The molecule has 0 spiro atoms. The molecular formula is C29H34O17. The molecule has 3 heterocycles. The molecule has 0 radical (unpaired) electrons. The average molecular weight is 655 g/mol. The van der Waals surface area contributed by atoms with Crippen LogP contribution in [-0.2, 0) is 23.7 Å². The highest BCUT2D eigenvalue weighted by Gasteiger charge is 2.47. The fourth-order valence-electron chi connectivity index (χ4n) is 5.13. The lowest BCUT2D eigenvalue weighted by molar-refractivity contribution is -0.294. The number of ether oxygens (including phenoxy) is 6. The molecule has 3 aliphatic heterocycles. The second-order valence-electron chi connectivity index (χ2n) is 10.9. The largest absolute Gasteiger partial charge is 0.508 e. The number of rotatable bonds is 8. The van der Waals surface area contributed by atoms with Crippen LogP contribution in [0.2, 0.25) is 0 Å². The van der Waals surface area contributed by atoms with Gasteiger partial charge in [0, 0.05) is 24.6 Å². The summed E-state index contributed by atoms with van der Waals surface area (Å²) in [4.78, 5) is 11.3. The molecule has 17 heteroatoms. The number of carbonyl (C=O) groups excluding carboxylic acids is 1. The molecule has 17 nitrogen and oxygen atoms in total. The zero-order chi connectivity index (χ0) is 33.4. The predicted octanol–water partition coefficient (Wildman–Crippen LogP) is -2.16. The van der Waals surface area contributed by atoms with E-state index in [-0.39, 0.29) is 34.1 Å². The van der Waals surface area contributed by atoms with E-state index in [0.717, 1.165) is 19.1 Å². The van der Waals surface area contributed by atoms with Crippen molar-refractivity contribution in [1.82, 2.24) is 0 Å². The molecule has 11 unspecified atom stereocenters. The number of hydrogen-bond acceptors (Lipinski definition) is 17. The van der Waals surface area contributed by atoms with Crippen molar-refractivity contribution in [2.75, 3.05) is 13.2 Å². The summed E-state index contributed by atoms with van der Waals surface area (Å²) in [5.74, 6) is -2.48. The minimum absolute atomic E-state index is 0.0437.